The van der Waals surface area contributed by atoms with E-state index >= 15 is 0 Å². The van der Waals surface area contributed by atoms with Crippen LogP contribution in [0.2, 0.25) is 5.02 Å². The highest BCUT2D eigenvalue weighted by Gasteiger charge is 2.14. The maximum Gasteiger partial charge on any atom is 0.337 e. The van der Waals surface area contributed by atoms with E-state index in [-0.39, 0.29) is 22.9 Å². The minimum atomic E-state index is -1.08. The Morgan fingerprint density at radius 2 is 1.88 bits per heavy atom. The summed E-state index contributed by atoms with van der Waals surface area (Å²) >= 11 is 6.00. The number of carbonyl (C=O) groups excluding carboxylic acids is 1. The van der Waals surface area contributed by atoms with Gasteiger partial charge < -0.3 is 15.4 Å². The molecular weight excluding hydrogens is 438 g/mol. The number of aryl methyl sites for hydroxylation is 2. The predicted octanol–water partition coefficient (Wildman–Crippen LogP) is 5.27. The summed E-state index contributed by atoms with van der Waals surface area (Å²) in [6.45, 7) is 2.83. The van der Waals surface area contributed by atoms with Crippen molar-refractivity contribution in [1.29, 1.82) is 0 Å². The first-order chi connectivity index (χ1) is 15.9. The Morgan fingerprint density at radius 1 is 1.12 bits per heavy atom. The summed E-state index contributed by atoms with van der Waals surface area (Å²) in [6, 6.07) is 16.2. The van der Waals surface area contributed by atoms with Crippen LogP contribution in [0.5, 0.6) is 0 Å². The van der Waals surface area contributed by atoms with Gasteiger partial charge in [0.1, 0.15) is 0 Å². The number of aliphatic imine (C=N–C) groups is 1. The molecule has 1 heterocycles. The monoisotopic (exact) mass is 463 g/mol. The van der Waals surface area contributed by atoms with Gasteiger partial charge in [0.2, 0.25) is 5.78 Å². The largest absolute Gasteiger partial charge is 0.478 e. The quantitative estimate of drug-likeness (QED) is 0.316. The van der Waals surface area contributed by atoms with Crippen LogP contribution < -0.4 is 5.73 Å². The van der Waals surface area contributed by atoms with Crippen LogP contribution in [0.3, 0.4) is 0 Å². The Morgan fingerprint density at radius 3 is 2.58 bits per heavy atom. The van der Waals surface area contributed by atoms with Crippen LogP contribution in [-0.4, -0.2) is 27.6 Å². The Hall–Kier alpha value is -3.64. The number of aromatic carboxylic acids is 1. The fraction of sp³-hybridized carbons (Fsp3) is 0.192. The molecule has 7 heteroatoms. The van der Waals surface area contributed by atoms with Crippen LogP contribution in [-0.2, 0) is 13.1 Å². The number of carboxylic acid groups (broad SMARTS) is 1. The minimum Gasteiger partial charge on any atom is -0.478 e. The first-order valence-electron chi connectivity index (χ1n) is 10.6. The van der Waals surface area contributed by atoms with E-state index in [9.17, 15) is 14.7 Å². The standard InChI is InChI=1S/C26H26ClN3O3/c1-18-9-11-20(12-10-18)25(31)23-8-4-14-30(23)13-3-5-19(15-28)16-29-17-21-6-2-7-22(27)24(21)26(32)33/h2,4,6-12,14-16H,3,5,13,17,28H2,1H3,(H,32,33). The van der Waals surface area contributed by atoms with E-state index < -0.39 is 5.97 Å². The minimum absolute atomic E-state index is 0.00749. The lowest BCUT2D eigenvalue weighted by atomic mass is 10.1. The molecule has 3 aromatic rings. The number of ketones is 1. The van der Waals surface area contributed by atoms with Crippen LogP contribution in [0, 0.1) is 6.92 Å². The van der Waals surface area contributed by atoms with Gasteiger partial charge in [0.05, 0.1) is 22.8 Å². The molecule has 2 aromatic carbocycles. The zero-order chi connectivity index (χ0) is 23.8. The van der Waals surface area contributed by atoms with Crippen LogP contribution in [0.15, 0.2) is 77.6 Å². The average Bonchev–Trinajstić information content (AvgIpc) is 3.26. The van der Waals surface area contributed by atoms with Crippen molar-refractivity contribution in [2.24, 2.45) is 10.7 Å². The summed E-state index contributed by atoms with van der Waals surface area (Å²) in [6.07, 6.45) is 6.47. The molecular formula is C26H26ClN3O3. The maximum atomic E-state index is 12.8. The van der Waals surface area contributed by atoms with Gasteiger partial charge in [0.25, 0.3) is 0 Å². The third-order valence-electron chi connectivity index (χ3n) is 5.29. The molecule has 0 unspecified atom stereocenters. The average molecular weight is 464 g/mol. The number of hydrogen-bond donors (Lipinski definition) is 2. The van der Waals surface area contributed by atoms with Crippen molar-refractivity contribution in [2.45, 2.75) is 32.9 Å². The number of nitrogens with two attached hydrogens (primary N) is 1. The van der Waals surface area contributed by atoms with Crippen molar-refractivity contribution in [1.82, 2.24) is 4.57 Å². The zero-order valence-corrected chi connectivity index (χ0v) is 19.1. The van der Waals surface area contributed by atoms with Gasteiger partial charge in [-0.3, -0.25) is 9.79 Å². The number of rotatable bonds is 10. The molecule has 3 rings (SSSR count). The molecule has 1 aromatic heterocycles. The lowest BCUT2D eigenvalue weighted by Crippen LogP contribution is -2.10. The van der Waals surface area contributed by atoms with E-state index in [0.717, 1.165) is 17.6 Å². The molecule has 0 aliphatic carbocycles. The lowest BCUT2D eigenvalue weighted by molar-refractivity contribution is 0.0695. The van der Waals surface area contributed by atoms with Crippen LogP contribution >= 0.6 is 11.6 Å². The third kappa shape index (κ3) is 6.20. The lowest BCUT2D eigenvalue weighted by Gasteiger charge is -2.09. The van der Waals surface area contributed by atoms with Crippen LogP contribution in [0.4, 0.5) is 0 Å². The number of halogens is 1. The highest BCUT2D eigenvalue weighted by molar-refractivity contribution is 6.33. The molecule has 0 spiro atoms. The molecule has 0 aliphatic heterocycles. The number of carbonyl (C=O) groups is 2. The fourth-order valence-electron chi connectivity index (χ4n) is 3.51. The molecule has 6 nitrogen and oxygen atoms in total. The Bertz CT molecular complexity index is 1190. The summed E-state index contributed by atoms with van der Waals surface area (Å²) in [4.78, 5) is 28.6. The number of nitrogens with zero attached hydrogens (tertiary/aromatic N) is 2. The second kappa shape index (κ2) is 11.3. The number of aromatic nitrogens is 1. The molecule has 0 radical (unpaired) electrons. The summed E-state index contributed by atoms with van der Waals surface area (Å²) in [5.41, 5.74) is 9.60. The van der Waals surface area contributed by atoms with E-state index in [0.29, 0.717) is 29.8 Å². The highest BCUT2D eigenvalue weighted by Crippen LogP contribution is 2.21. The van der Waals surface area contributed by atoms with Gasteiger partial charge in [-0.05, 0) is 55.3 Å². The molecule has 0 aliphatic rings. The fourth-order valence-corrected chi connectivity index (χ4v) is 3.79. The van der Waals surface area contributed by atoms with E-state index in [1.807, 2.05) is 54.1 Å². The second-order valence-corrected chi connectivity index (χ2v) is 8.08. The molecule has 0 atom stereocenters. The molecule has 170 valence electrons. The van der Waals surface area contributed by atoms with E-state index in [4.69, 9.17) is 17.3 Å². The van der Waals surface area contributed by atoms with Gasteiger partial charge in [0.15, 0.2) is 0 Å². The van der Waals surface area contributed by atoms with Gasteiger partial charge >= 0.3 is 5.97 Å². The normalized spacial score (nSPS) is 11.8. The molecule has 0 saturated carbocycles. The predicted molar refractivity (Wildman–Crippen MR) is 131 cm³/mol. The second-order valence-electron chi connectivity index (χ2n) is 7.68. The Kier molecular flexibility index (Phi) is 8.22. The van der Waals surface area contributed by atoms with Gasteiger partial charge in [-0.15, -0.1) is 0 Å². The number of hydrogen-bond acceptors (Lipinski definition) is 4. The van der Waals surface area contributed by atoms with Gasteiger partial charge in [0, 0.05) is 24.5 Å². The molecule has 0 amide bonds. The first-order valence-corrected chi connectivity index (χ1v) is 11.0. The van der Waals surface area contributed by atoms with Crippen molar-refractivity contribution >= 4 is 29.6 Å². The number of benzene rings is 2. The molecule has 0 saturated heterocycles. The summed E-state index contributed by atoms with van der Waals surface area (Å²) < 4.78 is 1.94. The van der Waals surface area contributed by atoms with Crippen molar-refractivity contribution < 1.29 is 14.7 Å². The molecule has 3 N–H and O–H groups in total. The Balaban J connectivity index is 1.58. The van der Waals surface area contributed by atoms with Crippen molar-refractivity contribution in [3.05, 3.63) is 106 Å². The molecule has 0 fully saturated rings. The SMILES string of the molecule is Cc1ccc(C(=O)c2cccn2CCCC(C=NCc2cccc(Cl)c2C(=O)O)=CN)cc1. The van der Waals surface area contributed by atoms with Gasteiger partial charge in [-0.1, -0.05) is 53.6 Å². The summed E-state index contributed by atoms with van der Waals surface area (Å²) in [5.74, 6) is -1.09. The van der Waals surface area contributed by atoms with Crippen molar-refractivity contribution in [3.63, 3.8) is 0 Å². The van der Waals surface area contributed by atoms with Crippen molar-refractivity contribution in [2.75, 3.05) is 0 Å². The van der Waals surface area contributed by atoms with E-state index in [1.165, 1.54) is 6.20 Å². The van der Waals surface area contributed by atoms with Crippen LogP contribution in [0.1, 0.15) is 50.4 Å². The van der Waals surface area contributed by atoms with E-state index in [2.05, 4.69) is 4.99 Å². The number of allylic oxidation sites excluding steroid dienone is 1. The highest BCUT2D eigenvalue weighted by atomic mass is 35.5. The number of carboxylic acids is 1. The van der Waals surface area contributed by atoms with Gasteiger partial charge in [-0.2, -0.15) is 0 Å². The first kappa shape index (κ1) is 24.0. The smallest absolute Gasteiger partial charge is 0.337 e. The topological polar surface area (TPSA) is 97.7 Å². The summed E-state index contributed by atoms with van der Waals surface area (Å²) in [7, 11) is 0. The Labute approximate surface area is 198 Å². The zero-order valence-electron chi connectivity index (χ0n) is 18.4. The third-order valence-corrected chi connectivity index (χ3v) is 5.60. The van der Waals surface area contributed by atoms with Gasteiger partial charge in [-0.25, -0.2) is 4.79 Å². The van der Waals surface area contributed by atoms with E-state index in [1.54, 1.807) is 24.4 Å². The summed E-state index contributed by atoms with van der Waals surface area (Å²) in [5, 5.41) is 9.55. The van der Waals surface area contributed by atoms with Crippen molar-refractivity contribution in [3.8, 4) is 0 Å². The molecule has 33 heavy (non-hydrogen) atoms. The maximum absolute atomic E-state index is 12.8. The molecule has 0 bridgehead atoms. The van der Waals surface area contributed by atoms with Crippen LogP contribution in [0.25, 0.3) is 0 Å².